The predicted octanol–water partition coefficient (Wildman–Crippen LogP) is 6.04. The van der Waals surface area contributed by atoms with E-state index in [1.807, 2.05) is 12.1 Å². The second kappa shape index (κ2) is 8.95. The smallest absolute Gasteiger partial charge is 0.260 e. The summed E-state index contributed by atoms with van der Waals surface area (Å²) in [6.45, 7) is 5.78. The third-order valence-corrected chi connectivity index (χ3v) is 7.45. The summed E-state index contributed by atoms with van der Waals surface area (Å²) in [5.74, 6) is -2.34. The van der Waals surface area contributed by atoms with E-state index in [0.29, 0.717) is 28.3 Å². The maximum absolute atomic E-state index is 14.5. The molecular weight excluding hydrogens is 479 g/mol. The molecule has 0 aromatic heterocycles. The fourth-order valence-corrected chi connectivity index (χ4v) is 5.65. The molecule has 3 aromatic rings. The van der Waals surface area contributed by atoms with Crippen molar-refractivity contribution in [2.45, 2.75) is 24.7 Å². The van der Waals surface area contributed by atoms with Crippen molar-refractivity contribution in [3.05, 3.63) is 119 Å². The molecule has 3 aromatic carbocycles. The number of aryl methyl sites for hydroxylation is 1. The summed E-state index contributed by atoms with van der Waals surface area (Å²) in [5, 5.41) is 11.7. The molecule has 36 heavy (non-hydrogen) atoms. The largest absolute Gasteiger partial charge is 0.508 e. The highest BCUT2D eigenvalue weighted by molar-refractivity contribution is 6.30. The number of anilines is 1. The molecular formula is C29H24ClFN2O3. The van der Waals surface area contributed by atoms with E-state index in [9.17, 15) is 19.1 Å². The van der Waals surface area contributed by atoms with Gasteiger partial charge in [0.25, 0.3) is 11.8 Å². The molecule has 0 bridgehead atoms. The highest BCUT2D eigenvalue weighted by Crippen LogP contribution is 2.57. The van der Waals surface area contributed by atoms with E-state index in [2.05, 4.69) is 12.0 Å². The second-order valence-corrected chi connectivity index (χ2v) is 9.59. The number of fused-ring (bicyclic) bond motifs is 1. The zero-order valence-corrected chi connectivity index (χ0v) is 20.3. The van der Waals surface area contributed by atoms with Gasteiger partial charge in [0.15, 0.2) is 0 Å². The number of nitrogens with one attached hydrogen (secondary N) is 1. The molecule has 182 valence electrons. The molecule has 2 N–H and O–H groups in total. The van der Waals surface area contributed by atoms with Gasteiger partial charge in [-0.25, -0.2) is 4.39 Å². The van der Waals surface area contributed by atoms with Crippen molar-refractivity contribution in [3.8, 4) is 5.75 Å². The summed E-state index contributed by atoms with van der Waals surface area (Å²) in [4.78, 5) is 28.3. The van der Waals surface area contributed by atoms with Gasteiger partial charge in [-0.05, 0) is 78.1 Å². The number of amides is 2. The molecule has 2 amide bonds. The van der Waals surface area contributed by atoms with Crippen LogP contribution in [0, 0.1) is 18.7 Å². The van der Waals surface area contributed by atoms with E-state index in [1.54, 1.807) is 49.4 Å². The van der Waals surface area contributed by atoms with Crippen molar-refractivity contribution in [1.29, 1.82) is 0 Å². The molecule has 1 aliphatic heterocycles. The lowest BCUT2D eigenvalue weighted by Gasteiger charge is -2.43. The minimum Gasteiger partial charge on any atom is -0.508 e. The Hall–Kier alpha value is -3.90. The molecule has 1 heterocycles. The zero-order valence-electron chi connectivity index (χ0n) is 19.5. The molecule has 5 nitrogen and oxygen atoms in total. The lowest BCUT2D eigenvalue weighted by atomic mass is 9.56. The van der Waals surface area contributed by atoms with Gasteiger partial charge in [0.1, 0.15) is 11.6 Å². The predicted molar refractivity (Wildman–Crippen MR) is 137 cm³/mol. The number of carbonyl (C=O) groups excluding carboxylic acids is 2. The van der Waals surface area contributed by atoms with Crippen LogP contribution in [0.3, 0.4) is 0 Å². The molecule has 2 aliphatic rings. The molecule has 1 saturated heterocycles. The monoisotopic (exact) mass is 502 g/mol. The van der Waals surface area contributed by atoms with Crippen LogP contribution in [0.25, 0.3) is 0 Å². The van der Waals surface area contributed by atoms with E-state index < -0.39 is 29.0 Å². The molecule has 3 atom stereocenters. The van der Waals surface area contributed by atoms with E-state index >= 15 is 0 Å². The number of carbonyl (C=O) groups is 2. The normalized spacial score (nSPS) is 23.3. The number of phenolic OH excluding ortho intramolecular Hbond substituents is 1. The third kappa shape index (κ3) is 3.60. The van der Waals surface area contributed by atoms with Crippen LogP contribution in [0.5, 0.6) is 5.75 Å². The van der Waals surface area contributed by atoms with Crippen molar-refractivity contribution in [2.24, 2.45) is 5.92 Å². The summed E-state index contributed by atoms with van der Waals surface area (Å²) in [5.41, 5.74) is 4.93. The van der Waals surface area contributed by atoms with Crippen LogP contribution in [0.2, 0.25) is 5.02 Å². The zero-order chi connectivity index (χ0) is 25.6. The van der Waals surface area contributed by atoms with E-state index in [4.69, 9.17) is 11.6 Å². The van der Waals surface area contributed by atoms with Gasteiger partial charge >= 0.3 is 0 Å². The molecule has 0 spiro atoms. The summed E-state index contributed by atoms with van der Waals surface area (Å²) in [6.07, 6.45) is 4.00. The average molecular weight is 503 g/mol. The Kier molecular flexibility index (Phi) is 5.92. The Morgan fingerprint density at radius 2 is 1.81 bits per heavy atom. The van der Waals surface area contributed by atoms with Crippen LogP contribution < -0.4 is 5.43 Å². The second-order valence-electron chi connectivity index (χ2n) is 9.15. The Morgan fingerprint density at radius 3 is 2.44 bits per heavy atom. The van der Waals surface area contributed by atoms with Gasteiger partial charge in [0, 0.05) is 10.9 Å². The number of benzene rings is 3. The van der Waals surface area contributed by atoms with Crippen LogP contribution in [0.15, 0.2) is 91.0 Å². The van der Waals surface area contributed by atoms with Crippen LogP contribution in [0.1, 0.15) is 29.0 Å². The van der Waals surface area contributed by atoms with E-state index in [0.717, 1.165) is 16.1 Å². The average Bonchev–Trinajstić information content (AvgIpc) is 3.09. The summed E-state index contributed by atoms with van der Waals surface area (Å²) in [7, 11) is 0. The number of hydrazine groups is 1. The van der Waals surface area contributed by atoms with Crippen LogP contribution in [-0.4, -0.2) is 21.9 Å². The first-order valence-corrected chi connectivity index (χ1v) is 11.9. The SMILES string of the molecule is C=CC1=CC[C@H]2C(=O)N(Nc3ccc(F)cc3)C(=O)[C@@]2(c2ccc(Cl)cc2)[C@H]1c1ccc(O)c(C)c1. The van der Waals surface area contributed by atoms with Crippen molar-refractivity contribution in [3.63, 3.8) is 0 Å². The molecule has 5 rings (SSSR count). The van der Waals surface area contributed by atoms with Crippen LogP contribution in [-0.2, 0) is 15.0 Å². The molecule has 1 fully saturated rings. The van der Waals surface area contributed by atoms with Crippen LogP contribution >= 0.6 is 11.6 Å². The number of hydrogen-bond acceptors (Lipinski definition) is 4. The van der Waals surface area contributed by atoms with Gasteiger partial charge in [0.2, 0.25) is 0 Å². The maximum Gasteiger partial charge on any atom is 0.260 e. The molecule has 0 saturated carbocycles. The summed E-state index contributed by atoms with van der Waals surface area (Å²) >= 11 is 6.19. The number of allylic oxidation sites excluding steroid dienone is 3. The first-order valence-electron chi connectivity index (χ1n) is 11.6. The summed E-state index contributed by atoms with van der Waals surface area (Å²) in [6, 6.07) is 17.7. The minimum atomic E-state index is -1.30. The number of aromatic hydroxyl groups is 1. The van der Waals surface area contributed by atoms with E-state index in [-0.39, 0.29) is 11.7 Å². The van der Waals surface area contributed by atoms with Gasteiger partial charge < -0.3 is 5.11 Å². The lowest BCUT2D eigenvalue weighted by molar-refractivity contribution is -0.138. The van der Waals surface area contributed by atoms with Crippen molar-refractivity contribution >= 4 is 29.1 Å². The van der Waals surface area contributed by atoms with Gasteiger partial charge in [-0.15, -0.1) is 0 Å². The topological polar surface area (TPSA) is 69.6 Å². The highest BCUT2D eigenvalue weighted by atomic mass is 35.5. The van der Waals surface area contributed by atoms with Crippen molar-refractivity contribution in [1.82, 2.24) is 5.01 Å². The number of imide groups is 1. The molecule has 7 heteroatoms. The first-order chi connectivity index (χ1) is 17.3. The number of hydrogen-bond donors (Lipinski definition) is 2. The standard InChI is InChI=1S/C29H24ClFN2O3/c1-3-18-4-14-24-27(35)33(32-23-12-10-22(31)11-13-23)28(36)29(24,20-6-8-21(30)9-7-20)26(18)19-5-15-25(34)17(2)16-19/h3-13,15-16,24,26,32,34H,1,14H2,2H3/t24-,26+,29+/m0/s1. The van der Waals surface area contributed by atoms with Gasteiger partial charge in [-0.1, -0.05) is 54.6 Å². The van der Waals surface area contributed by atoms with Crippen LogP contribution in [0.4, 0.5) is 10.1 Å². The fraction of sp³-hybridized carbons (Fsp3) is 0.172. The third-order valence-electron chi connectivity index (χ3n) is 7.20. The Labute approximate surface area is 213 Å². The van der Waals surface area contributed by atoms with Crippen molar-refractivity contribution < 1.29 is 19.1 Å². The molecule has 0 unspecified atom stereocenters. The highest BCUT2D eigenvalue weighted by Gasteiger charge is 2.65. The quantitative estimate of drug-likeness (QED) is 0.417. The number of phenols is 1. The van der Waals surface area contributed by atoms with Gasteiger partial charge in [0.05, 0.1) is 17.0 Å². The number of rotatable bonds is 5. The Balaban J connectivity index is 1.73. The Morgan fingerprint density at radius 1 is 1.11 bits per heavy atom. The number of halogens is 2. The minimum absolute atomic E-state index is 0.143. The van der Waals surface area contributed by atoms with Gasteiger partial charge in [-0.2, -0.15) is 5.01 Å². The fourth-order valence-electron chi connectivity index (χ4n) is 5.52. The first kappa shape index (κ1) is 23.8. The lowest BCUT2D eigenvalue weighted by Crippen LogP contribution is -2.48. The van der Waals surface area contributed by atoms with Gasteiger partial charge in [-0.3, -0.25) is 15.0 Å². The maximum atomic E-state index is 14.5. The number of nitrogens with zero attached hydrogens (tertiary/aromatic N) is 1. The van der Waals surface area contributed by atoms with E-state index in [1.165, 1.54) is 24.3 Å². The molecule has 1 aliphatic carbocycles. The summed E-state index contributed by atoms with van der Waals surface area (Å²) < 4.78 is 13.5. The van der Waals surface area contributed by atoms with Crippen molar-refractivity contribution in [2.75, 3.05) is 5.43 Å². The molecule has 0 radical (unpaired) electrons. The Bertz CT molecular complexity index is 1400.